The average molecular weight is 425 g/mol. The van der Waals surface area contributed by atoms with Gasteiger partial charge in [0.1, 0.15) is 22.7 Å². The van der Waals surface area contributed by atoms with Crippen LogP contribution in [0.3, 0.4) is 0 Å². The van der Waals surface area contributed by atoms with Crippen molar-refractivity contribution in [2.75, 3.05) is 26.2 Å². The first kappa shape index (κ1) is 21.2. The molecular weight excluding hydrogens is 398 g/mol. The van der Waals surface area contributed by atoms with Crippen LogP contribution in [-0.4, -0.2) is 39.8 Å². The number of carbonyl (C=O) groups excluding carboxylic acids is 1. The molecule has 0 spiro atoms. The molecule has 2 aromatic carbocycles. The van der Waals surface area contributed by atoms with Crippen molar-refractivity contribution in [1.82, 2.24) is 0 Å². The van der Waals surface area contributed by atoms with Crippen molar-refractivity contribution in [3.8, 4) is 17.2 Å². The van der Waals surface area contributed by atoms with Crippen LogP contribution in [0.2, 0.25) is 0 Å². The molecule has 1 amide bonds. The van der Waals surface area contributed by atoms with Gasteiger partial charge in [0.05, 0.1) is 27.9 Å². The maximum Gasteiger partial charge on any atom is 0.243 e. The SMILES string of the molecule is C=CC[C@]1(C2OC(C)O2)C(=O)N(Cc2ccc(OC)cc2OC)c2ccc(OC)cc21. The number of allylic oxidation sites excluding steroid dienone is 1. The lowest BCUT2D eigenvalue weighted by Gasteiger charge is -2.44. The molecule has 2 aliphatic heterocycles. The van der Waals surface area contributed by atoms with Crippen molar-refractivity contribution in [2.24, 2.45) is 0 Å². The van der Waals surface area contributed by atoms with Crippen LogP contribution in [0.1, 0.15) is 24.5 Å². The van der Waals surface area contributed by atoms with Crippen molar-refractivity contribution < 1.29 is 28.5 Å². The molecule has 2 heterocycles. The van der Waals surface area contributed by atoms with Gasteiger partial charge in [-0.3, -0.25) is 4.79 Å². The minimum atomic E-state index is -1.03. The zero-order valence-electron chi connectivity index (χ0n) is 18.2. The first-order chi connectivity index (χ1) is 15.0. The fourth-order valence-electron chi connectivity index (χ4n) is 4.35. The summed E-state index contributed by atoms with van der Waals surface area (Å²) in [6.45, 7) is 6.02. The second-order valence-electron chi connectivity index (χ2n) is 7.59. The van der Waals surface area contributed by atoms with Crippen molar-refractivity contribution in [2.45, 2.75) is 37.9 Å². The van der Waals surface area contributed by atoms with Crippen LogP contribution in [0.5, 0.6) is 17.2 Å². The molecule has 2 aromatic rings. The van der Waals surface area contributed by atoms with E-state index in [0.29, 0.717) is 30.2 Å². The highest BCUT2D eigenvalue weighted by Gasteiger charge is 2.60. The van der Waals surface area contributed by atoms with Gasteiger partial charge in [-0.25, -0.2) is 0 Å². The number of amides is 1. The highest BCUT2D eigenvalue weighted by Crippen LogP contribution is 2.52. The molecule has 31 heavy (non-hydrogen) atoms. The van der Waals surface area contributed by atoms with Gasteiger partial charge < -0.3 is 28.6 Å². The fraction of sp³-hybridized carbons (Fsp3) is 0.375. The highest BCUT2D eigenvalue weighted by atomic mass is 16.9. The summed E-state index contributed by atoms with van der Waals surface area (Å²) >= 11 is 0. The van der Waals surface area contributed by atoms with Gasteiger partial charge in [-0.1, -0.05) is 6.08 Å². The predicted molar refractivity (Wildman–Crippen MR) is 116 cm³/mol. The maximum atomic E-state index is 14.0. The van der Waals surface area contributed by atoms with E-state index < -0.39 is 11.7 Å². The predicted octanol–water partition coefficient (Wildman–Crippen LogP) is 3.79. The third-order valence-electron chi connectivity index (χ3n) is 5.92. The Morgan fingerprint density at radius 1 is 1.06 bits per heavy atom. The van der Waals surface area contributed by atoms with Crippen LogP contribution in [0, 0.1) is 0 Å². The Kier molecular flexibility index (Phi) is 5.64. The smallest absolute Gasteiger partial charge is 0.243 e. The zero-order valence-corrected chi connectivity index (χ0v) is 18.2. The lowest BCUT2D eigenvalue weighted by atomic mass is 9.77. The number of rotatable bonds is 8. The van der Waals surface area contributed by atoms with Gasteiger partial charge in [-0.05, 0) is 43.7 Å². The number of hydrogen-bond acceptors (Lipinski definition) is 6. The number of carbonyl (C=O) groups is 1. The summed E-state index contributed by atoms with van der Waals surface area (Å²) in [5, 5.41) is 0. The molecule has 0 unspecified atom stereocenters. The van der Waals surface area contributed by atoms with Crippen molar-refractivity contribution in [1.29, 1.82) is 0 Å². The minimum Gasteiger partial charge on any atom is -0.497 e. The summed E-state index contributed by atoms with van der Waals surface area (Å²) in [4.78, 5) is 15.7. The van der Waals surface area contributed by atoms with Gasteiger partial charge in [0.2, 0.25) is 5.91 Å². The first-order valence-corrected chi connectivity index (χ1v) is 10.1. The van der Waals surface area contributed by atoms with E-state index in [9.17, 15) is 4.79 Å². The normalized spacial score (nSPS) is 24.4. The number of fused-ring (bicyclic) bond motifs is 1. The Hall–Kier alpha value is -3.03. The summed E-state index contributed by atoms with van der Waals surface area (Å²) in [5.41, 5.74) is 1.42. The second-order valence-corrected chi connectivity index (χ2v) is 7.59. The standard InChI is InChI=1S/C24H27NO6/c1-6-11-24(23-30-15(2)31-23)19-12-17(27-3)9-10-20(19)25(22(24)26)14-16-7-8-18(28-4)13-21(16)29-5/h6-10,12-13,15,23H,1,11,14H2,2-5H3/t15?,23?,24-/m1/s1. The van der Waals surface area contributed by atoms with Gasteiger partial charge in [0.15, 0.2) is 12.6 Å². The van der Waals surface area contributed by atoms with E-state index in [0.717, 1.165) is 16.8 Å². The van der Waals surface area contributed by atoms with E-state index in [2.05, 4.69) is 6.58 Å². The number of nitrogens with zero attached hydrogens (tertiary/aromatic N) is 1. The number of benzene rings is 2. The summed E-state index contributed by atoms with van der Waals surface area (Å²) in [6.07, 6.45) is 1.06. The zero-order chi connectivity index (χ0) is 22.2. The molecule has 0 saturated carbocycles. The molecule has 0 aliphatic carbocycles. The van der Waals surface area contributed by atoms with Crippen LogP contribution in [0.25, 0.3) is 0 Å². The summed E-state index contributed by atoms with van der Waals surface area (Å²) < 4.78 is 28.0. The van der Waals surface area contributed by atoms with Crippen molar-refractivity contribution >= 4 is 11.6 Å². The van der Waals surface area contributed by atoms with Crippen LogP contribution in [0.15, 0.2) is 49.1 Å². The van der Waals surface area contributed by atoms with Crippen LogP contribution >= 0.6 is 0 Å². The Morgan fingerprint density at radius 3 is 2.35 bits per heavy atom. The Bertz CT molecular complexity index is 1000. The average Bonchev–Trinajstić information content (AvgIpc) is 2.99. The quantitative estimate of drug-likeness (QED) is 0.600. The number of hydrogen-bond donors (Lipinski definition) is 0. The van der Waals surface area contributed by atoms with Crippen LogP contribution < -0.4 is 19.1 Å². The Morgan fingerprint density at radius 2 is 1.74 bits per heavy atom. The van der Waals surface area contributed by atoms with Gasteiger partial charge in [0, 0.05) is 22.9 Å². The van der Waals surface area contributed by atoms with Crippen LogP contribution in [0.4, 0.5) is 5.69 Å². The molecule has 2 aliphatic rings. The topological polar surface area (TPSA) is 66.5 Å². The minimum absolute atomic E-state index is 0.106. The number of anilines is 1. The van der Waals surface area contributed by atoms with Gasteiger partial charge in [-0.2, -0.15) is 0 Å². The summed E-state index contributed by atoms with van der Waals surface area (Å²) in [7, 11) is 4.81. The summed E-state index contributed by atoms with van der Waals surface area (Å²) in [6, 6.07) is 11.2. The molecule has 164 valence electrons. The molecule has 0 N–H and O–H groups in total. The number of methoxy groups -OCH3 is 3. The van der Waals surface area contributed by atoms with Gasteiger partial charge in [0.25, 0.3) is 0 Å². The molecule has 7 heteroatoms. The first-order valence-electron chi connectivity index (χ1n) is 10.1. The molecular formula is C24H27NO6. The third kappa shape index (κ3) is 3.34. The van der Waals surface area contributed by atoms with Gasteiger partial charge >= 0.3 is 0 Å². The third-order valence-corrected chi connectivity index (χ3v) is 5.92. The Labute approximate surface area is 182 Å². The van der Waals surface area contributed by atoms with Crippen LogP contribution in [-0.2, 0) is 26.2 Å². The van der Waals surface area contributed by atoms with E-state index in [1.165, 1.54) is 0 Å². The van der Waals surface area contributed by atoms with E-state index in [1.54, 1.807) is 32.3 Å². The lowest BCUT2D eigenvalue weighted by Crippen LogP contribution is -2.57. The molecule has 0 bridgehead atoms. The molecule has 1 atom stereocenters. The molecule has 1 saturated heterocycles. The second kappa shape index (κ2) is 8.24. The number of ether oxygens (including phenoxy) is 5. The monoisotopic (exact) mass is 425 g/mol. The molecule has 7 nitrogen and oxygen atoms in total. The van der Waals surface area contributed by atoms with E-state index in [-0.39, 0.29) is 12.2 Å². The van der Waals surface area contributed by atoms with E-state index in [4.69, 9.17) is 23.7 Å². The van der Waals surface area contributed by atoms with Crippen molar-refractivity contribution in [3.05, 3.63) is 60.2 Å². The van der Waals surface area contributed by atoms with E-state index in [1.807, 2.05) is 43.3 Å². The fourth-order valence-corrected chi connectivity index (χ4v) is 4.35. The molecule has 4 rings (SSSR count). The Balaban J connectivity index is 1.80. The summed E-state index contributed by atoms with van der Waals surface area (Å²) in [5.74, 6) is 1.89. The maximum absolute atomic E-state index is 14.0. The molecule has 1 fully saturated rings. The highest BCUT2D eigenvalue weighted by molar-refractivity contribution is 6.09. The van der Waals surface area contributed by atoms with E-state index >= 15 is 0 Å². The van der Waals surface area contributed by atoms with Crippen molar-refractivity contribution in [3.63, 3.8) is 0 Å². The molecule has 0 radical (unpaired) electrons. The van der Waals surface area contributed by atoms with Gasteiger partial charge in [-0.15, -0.1) is 6.58 Å². The molecule has 0 aromatic heterocycles. The largest absolute Gasteiger partial charge is 0.497 e. The lowest BCUT2D eigenvalue weighted by molar-refractivity contribution is -0.392.